The molecule has 1 heterocycles. The van der Waals surface area contributed by atoms with E-state index >= 15 is 0 Å². The predicted molar refractivity (Wildman–Crippen MR) is 113 cm³/mol. The van der Waals surface area contributed by atoms with Crippen LogP contribution in [0.15, 0.2) is 46.9 Å². The van der Waals surface area contributed by atoms with E-state index in [1.807, 2.05) is 4.90 Å². The van der Waals surface area contributed by atoms with Crippen molar-refractivity contribution in [3.63, 3.8) is 0 Å². The number of hydrogen-bond donors (Lipinski definition) is 2. The average Bonchev–Trinajstić information content (AvgIpc) is 2.78. The molecule has 0 amide bonds. The average molecular weight is 435 g/mol. The van der Waals surface area contributed by atoms with Gasteiger partial charge in [-0.25, -0.2) is 0 Å². The van der Waals surface area contributed by atoms with Gasteiger partial charge in [0.05, 0.1) is 0 Å². The number of aryl methyl sites for hydroxylation is 2. The molecule has 3 N–H and O–H groups in total. The van der Waals surface area contributed by atoms with Gasteiger partial charge in [-0.1, -0.05) is 46.3 Å². The maximum Gasteiger partial charge on any atom is 0.188 e. The zero-order chi connectivity index (χ0) is 17.4. The third-order valence-corrected chi connectivity index (χ3v) is 6.34. The van der Waals surface area contributed by atoms with E-state index in [0.717, 1.165) is 43.2 Å². The van der Waals surface area contributed by atoms with Gasteiger partial charge in [0.25, 0.3) is 0 Å². The molecule has 0 saturated carbocycles. The zero-order valence-corrected chi connectivity index (χ0v) is 17.2. The minimum atomic E-state index is 0. The molecule has 2 aromatic carbocycles. The Bertz CT molecular complexity index is 800. The first-order valence-corrected chi connectivity index (χ1v) is 9.88. The van der Waals surface area contributed by atoms with Crippen LogP contribution in [0.3, 0.4) is 0 Å². The summed E-state index contributed by atoms with van der Waals surface area (Å²) in [4.78, 5) is 2.00. The zero-order valence-electron chi connectivity index (χ0n) is 14.7. The first-order valence-electron chi connectivity index (χ1n) is 9.08. The van der Waals surface area contributed by atoms with Crippen molar-refractivity contribution in [1.82, 2.24) is 4.90 Å². The van der Waals surface area contributed by atoms with Crippen LogP contribution < -0.4 is 5.73 Å². The number of piperidine rings is 1. The van der Waals surface area contributed by atoms with Gasteiger partial charge in [0, 0.05) is 23.5 Å². The Hall–Kier alpha value is -1.52. The molecule has 2 aliphatic rings. The minimum absolute atomic E-state index is 0. The summed E-state index contributed by atoms with van der Waals surface area (Å²) in [5, 5.41) is 7.69. The van der Waals surface area contributed by atoms with E-state index < -0.39 is 0 Å². The fourth-order valence-electron chi connectivity index (χ4n) is 4.57. The predicted octanol–water partition coefficient (Wildman–Crippen LogP) is 4.71. The molecule has 1 unspecified atom stereocenters. The molecule has 0 spiro atoms. The first kappa shape index (κ1) is 19.2. The number of halogens is 2. The summed E-state index contributed by atoms with van der Waals surface area (Å²) in [5.41, 5.74) is 11.7. The Morgan fingerprint density at radius 2 is 1.65 bits per heavy atom. The maximum absolute atomic E-state index is 7.69. The van der Waals surface area contributed by atoms with Gasteiger partial charge in [-0.15, -0.1) is 12.4 Å². The fourth-order valence-corrected chi connectivity index (χ4v) is 4.95. The third kappa shape index (κ3) is 3.63. The highest BCUT2D eigenvalue weighted by Crippen LogP contribution is 2.43. The number of rotatable bonds is 1. The molecular weight excluding hydrogens is 410 g/mol. The molecule has 0 aromatic heterocycles. The Kier molecular flexibility index (Phi) is 5.93. The fraction of sp³-hybridized carbons (Fsp3) is 0.381. The number of guanidine groups is 1. The van der Waals surface area contributed by atoms with E-state index in [1.54, 1.807) is 0 Å². The standard InChI is InChI=1S/C21H24BrN3.ClH/c22-17-8-7-15-6-5-14-3-1-2-4-18(14)20(19(15)13-17)16-9-11-25(12-10-16)21(23)24;/h1-4,7-8,13,16,20H,5-6,9-12H2,(H3,23,24);1H. The highest BCUT2D eigenvalue weighted by molar-refractivity contribution is 9.10. The Morgan fingerprint density at radius 3 is 2.35 bits per heavy atom. The minimum Gasteiger partial charge on any atom is -0.370 e. The monoisotopic (exact) mass is 433 g/mol. The summed E-state index contributed by atoms with van der Waals surface area (Å²) in [5.74, 6) is 1.26. The first-order chi connectivity index (χ1) is 12.1. The molecular formula is C21H25BrClN3. The molecule has 5 heteroatoms. The smallest absolute Gasteiger partial charge is 0.188 e. The van der Waals surface area contributed by atoms with E-state index in [2.05, 4.69) is 58.4 Å². The maximum atomic E-state index is 7.69. The van der Waals surface area contributed by atoms with Crippen molar-refractivity contribution in [3.05, 3.63) is 69.2 Å². The Labute approximate surface area is 170 Å². The number of benzene rings is 2. The van der Waals surface area contributed by atoms with Crippen molar-refractivity contribution in [2.75, 3.05) is 13.1 Å². The second-order valence-electron chi connectivity index (χ2n) is 7.23. The number of nitrogens with one attached hydrogen (secondary N) is 1. The molecule has 3 nitrogen and oxygen atoms in total. The van der Waals surface area contributed by atoms with Gasteiger partial charge in [0.2, 0.25) is 0 Å². The SMILES string of the molecule is Cl.N=C(N)N1CCC(C2c3ccccc3CCc3ccc(Br)cc32)CC1. The van der Waals surface area contributed by atoms with Gasteiger partial charge in [-0.3, -0.25) is 5.41 Å². The van der Waals surface area contributed by atoms with Crippen LogP contribution in [0.2, 0.25) is 0 Å². The number of nitrogens with zero attached hydrogens (tertiary/aromatic N) is 1. The van der Waals surface area contributed by atoms with Crippen LogP contribution in [-0.4, -0.2) is 23.9 Å². The van der Waals surface area contributed by atoms with Crippen LogP contribution >= 0.6 is 28.3 Å². The van der Waals surface area contributed by atoms with Gasteiger partial charge in [0.15, 0.2) is 5.96 Å². The summed E-state index contributed by atoms with van der Waals surface area (Å²) in [6.07, 6.45) is 4.41. The second kappa shape index (κ2) is 8.01. The van der Waals surface area contributed by atoms with Crippen molar-refractivity contribution >= 4 is 34.3 Å². The molecule has 0 bridgehead atoms. The van der Waals surface area contributed by atoms with Crippen LogP contribution in [0.25, 0.3) is 0 Å². The summed E-state index contributed by atoms with van der Waals surface area (Å²) in [6.45, 7) is 1.78. The largest absolute Gasteiger partial charge is 0.370 e. The lowest BCUT2D eigenvalue weighted by Crippen LogP contribution is -2.43. The van der Waals surface area contributed by atoms with Crippen molar-refractivity contribution in [3.8, 4) is 0 Å². The lowest BCUT2D eigenvalue weighted by molar-refractivity contribution is 0.246. The van der Waals surface area contributed by atoms with Crippen molar-refractivity contribution in [2.45, 2.75) is 31.6 Å². The molecule has 1 fully saturated rings. The topological polar surface area (TPSA) is 53.1 Å². The van der Waals surface area contributed by atoms with E-state index in [0.29, 0.717) is 11.8 Å². The van der Waals surface area contributed by atoms with E-state index in [4.69, 9.17) is 11.1 Å². The lowest BCUT2D eigenvalue weighted by atomic mass is 9.74. The summed E-state index contributed by atoms with van der Waals surface area (Å²) < 4.78 is 1.16. The number of nitrogens with two attached hydrogens (primary N) is 1. The van der Waals surface area contributed by atoms with Crippen LogP contribution in [-0.2, 0) is 12.8 Å². The van der Waals surface area contributed by atoms with E-state index in [-0.39, 0.29) is 18.4 Å². The highest BCUT2D eigenvalue weighted by atomic mass is 79.9. The molecule has 1 aliphatic heterocycles. The molecule has 138 valence electrons. The van der Waals surface area contributed by atoms with Gasteiger partial charge in [-0.2, -0.15) is 0 Å². The summed E-state index contributed by atoms with van der Waals surface area (Å²) >= 11 is 3.68. The molecule has 1 aliphatic carbocycles. The van der Waals surface area contributed by atoms with E-state index in [9.17, 15) is 0 Å². The summed E-state index contributed by atoms with van der Waals surface area (Å²) in [7, 11) is 0. The van der Waals surface area contributed by atoms with Crippen LogP contribution in [0.1, 0.15) is 41.0 Å². The quantitative estimate of drug-likeness (QED) is 0.504. The Balaban J connectivity index is 0.00000196. The molecule has 0 radical (unpaired) electrons. The van der Waals surface area contributed by atoms with Gasteiger partial charge in [-0.05, 0) is 66.0 Å². The van der Waals surface area contributed by atoms with Crippen molar-refractivity contribution in [1.29, 1.82) is 5.41 Å². The molecule has 26 heavy (non-hydrogen) atoms. The number of fused-ring (bicyclic) bond motifs is 2. The van der Waals surface area contributed by atoms with E-state index in [1.165, 1.54) is 22.3 Å². The molecule has 4 rings (SSSR count). The van der Waals surface area contributed by atoms with Crippen molar-refractivity contribution < 1.29 is 0 Å². The highest BCUT2D eigenvalue weighted by Gasteiger charge is 2.33. The van der Waals surface area contributed by atoms with Crippen molar-refractivity contribution in [2.24, 2.45) is 11.7 Å². The van der Waals surface area contributed by atoms with Crippen LogP contribution in [0.5, 0.6) is 0 Å². The Morgan fingerprint density at radius 1 is 1.00 bits per heavy atom. The van der Waals surface area contributed by atoms with Crippen LogP contribution in [0, 0.1) is 11.3 Å². The third-order valence-electron chi connectivity index (χ3n) is 5.85. The second-order valence-corrected chi connectivity index (χ2v) is 8.15. The van der Waals surface area contributed by atoms with Gasteiger partial charge >= 0.3 is 0 Å². The molecule has 1 saturated heterocycles. The number of hydrogen-bond acceptors (Lipinski definition) is 1. The normalized spacial score (nSPS) is 19.7. The summed E-state index contributed by atoms with van der Waals surface area (Å²) in [6, 6.07) is 15.8. The van der Waals surface area contributed by atoms with Gasteiger partial charge < -0.3 is 10.6 Å². The molecule has 2 aromatic rings. The number of likely N-dealkylation sites (tertiary alicyclic amines) is 1. The molecule has 1 atom stereocenters. The van der Waals surface area contributed by atoms with Gasteiger partial charge in [0.1, 0.15) is 0 Å². The van der Waals surface area contributed by atoms with Crippen LogP contribution in [0.4, 0.5) is 0 Å². The lowest BCUT2D eigenvalue weighted by Gasteiger charge is -2.37.